The van der Waals surface area contributed by atoms with Crippen LogP contribution in [0.1, 0.15) is 50.8 Å². The number of aryl methyl sites for hydroxylation is 1. The molecule has 1 atom stereocenters. The Bertz CT molecular complexity index is 1680. The summed E-state index contributed by atoms with van der Waals surface area (Å²) in [5.41, 5.74) is -2.34. The van der Waals surface area contributed by atoms with Crippen molar-refractivity contribution in [1.29, 1.82) is 0 Å². The third kappa shape index (κ3) is 5.87. The Balaban J connectivity index is 1.99. The number of esters is 1. The number of thiophene rings is 1. The fourth-order valence-corrected chi connectivity index (χ4v) is 5.86. The molecule has 12 nitrogen and oxygen atoms in total. The number of hydrogen-bond acceptors (Lipinski definition) is 10. The molecule has 14 heteroatoms. The van der Waals surface area contributed by atoms with Crippen LogP contribution in [0.3, 0.4) is 0 Å². The number of ether oxygens (including phenoxy) is 3. The van der Waals surface area contributed by atoms with Gasteiger partial charge in [-0.2, -0.15) is 10.2 Å². The van der Waals surface area contributed by atoms with E-state index < -0.39 is 34.7 Å². The number of unbranched alkanes of at least 4 members (excludes halogenated alkanes) is 1. The molecule has 0 aliphatic heterocycles. The van der Waals surface area contributed by atoms with Crippen molar-refractivity contribution in [2.75, 3.05) is 26.9 Å². The highest BCUT2D eigenvalue weighted by molar-refractivity contribution is 7.21. The zero-order chi connectivity index (χ0) is 30.6. The highest BCUT2D eigenvalue weighted by Gasteiger charge is 2.37. The number of methoxy groups -OCH3 is 1. The van der Waals surface area contributed by atoms with Crippen LogP contribution >= 0.6 is 11.3 Å². The van der Waals surface area contributed by atoms with E-state index in [1.54, 1.807) is 6.92 Å². The number of nitrogens with zero attached hydrogens (tertiary/aromatic N) is 5. The zero-order valence-corrected chi connectivity index (χ0v) is 24.9. The summed E-state index contributed by atoms with van der Waals surface area (Å²) < 4.78 is 33.4. The maximum atomic E-state index is 14.4. The van der Waals surface area contributed by atoms with E-state index in [2.05, 4.69) is 10.2 Å². The van der Waals surface area contributed by atoms with Crippen molar-refractivity contribution < 1.29 is 28.5 Å². The average molecular weight is 604 g/mol. The highest BCUT2D eigenvalue weighted by atomic mass is 32.1. The van der Waals surface area contributed by atoms with Crippen molar-refractivity contribution in [1.82, 2.24) is 24.1 Å². The number of aliphatic hydroxyl groups excluding tert-OH is 1. The first-order chi connectivity index (χ1) is 20.1. The quantitative estimate of drug-likeness (QED) is 0.180. The van der Waals surface area contributed by atoms with Crippen molar-refractivity contribution in [2.24, 2.45) is 0 Å². The lowest BCUT2D eigenvalue weighted by Gasteiger charge is -2.27. The zero-order valence-electron chi connectivity index (χ0n) is 24.1. The highest BCUT2D eigenvalue weighted by Crippen LogP contribution is 2.34. The fraction of sp³-hybridized carbons (Fsp3) is 0.464. The lowest BCUT2D eigenvalue weighted by atomic mass is 10.0. The Morgan fingerprint density at radius 2 is 1.90 bits per heavy atom. The predicted molar refractivity (Wildman–Crippen MR) is 154 cm³/mol. The minimum absolute atomic E-state index is 0.122. The first-order valence-electron chi connectivity index (χ1n) is 13.5. The Hall–Kier alpha value is -3.88. The van der Waals surface area contributed by atoms with Gasteiger partial charge >= 0.3 is 11.7 Å². The van der Waals surface area contributed by atoms with Crippen LogP contribution in [-0.2, 0) is 26.4 Å². The second-order valence-corrected chi connectivity index (χ2v) is 11.1. The van der Waals surface area contributed by atoms with Gasteiger partial charge in [0, 0.05) is 11.1 Å². The number of aliphatic hydroxyl groups is 1. The van der Waals surface area contributed by atoms with Crippen LogP contribution in [0.25, 0.3) is 15.2 Å². The summed E-state index contributed by atoms with van der Waals surface area (Å²) in [6.45, 7) is 6.05. The van der Waals surface area contributed by atoms with Gasteiger partial charge in [-0.15, -0.1) is 4.80 Å². The first-order valence-corrected chi connectivity index (χ1v) is 14.3. The Labute approximate surface area is 244 Å². The van der Waals surface area contributed by atoms with E-state index in [0.29, 0.717) is 28.3 Å². The van der Waals surface area contributed by atoms with E-state index in [1.165, 1.54) is 60.9 Å². The molecule has 0 unspecified atom stereocenters. The van der Waals surface area contributed by atoms with Gasteiger partial charge in [0.05, 0.1) is 51.3 Å². The van der Waals surface area contributed by atoms with Gasteiger partial charge in [-0.25, -0.2) is 18.5 Å². The fourth-order valence-electron chi connectivity index (χ4n) is 4.64. The van der Waals surface area contributed by atoms with Crippen molar-refractivity contribution in [2.45, 2.75) is 58.7 Å². The van der Waals surface area contributed by atoms with E-state index in [9.17, 15) is 23.9 Å². The molecule has 4 rings (SSSR count). The molecule has 0 bridgehead atoms. The number of halogens is 1. The summed E-state index contributed by atoms with van der Waals surface area (Å²) in [7, 11) is 1.42. The standard InChI is InChI=1S/C28H34FN5O7S/c1-6-7-13-41-26(37)28(3,4)33-23(36)22-17(2)24(34-30-10-11-31-34)42-25(22)32(27(33)38)16-21(40-14-12-35)19-15-18(29)8-9-20(19)39-5/h8-11,15,21,35H,6-7,12-14,16H2,1-5H3/t21-/m0/s1. The van der Waals surface area contributed by atoms with Crippen LogP contribution < -0.4 is 16.0 Å². The summed E-state index contributed by atoms with van der Waals surface area (Å²) in [4.78, 5) is 43.1. The van der Waals surface area contributed by atoms with Gasteiger partial charge in [0.1, 0.15) is 33.0 Å². The van der Waals surface area contributed by atoms with E-state index in [4.69, 9.17) is 14.2 Å². The summed E-state index contributed by atoms with van der Waals surface area (Å²) >= 11 is 1.12. The normalized spacial score (nSPS) is 12.5. The van der Waals surface area contributed by atoms with Crippen LogP contribution in [0.2, 0.25) is 0 Å². The summed E-state index contributed by atoms with van der Waals surface area (Å²) in [5.74, 6) is -0.982. The Morgan fingerprint density at radius 1 is 1.19 bits per heavy atom. The van der Waals surface area contributed by atoms with Gasteiger partial charge in [-0.1, -0.05) is 24.7 Å². The molecule has 4 aromatic rings. The maximum Gasteiger partial charge on any atom is 0.333 e. The third-order valence-corrected chi connectivity index (χ3v) is 8.16. The van der Waals surface area contributed by atoms with Crippen molar-refractivity contribution in [3.63, 3.8) is 0 Å². The predicted octanol–water partition coefficient (Wildman–Crippen LogP) is 3.09. The number of aromatic nitrogens is 5. The lowest BCUT2D eigenvalue weighted by molar-refractivity contribution is -0.153. The summed E-state index contributed by atoms with van der Waals surface area (Å²) in [6.07, 6.45) is 3.41. The molecular formula is C28H34FN5O7S. The molecule has 0 aliphatic rings. The number of fused-ring (bicyclic) bond motifs is 1. The smallest absolute Gasteiger partial charge is 0.333 e. The molecule has 0 saturated carbocycles. The van der Waals surface area contributed by atoms with Gasteiger partial charge in [-0.3, -0.25) is 9.36 Å². The van der Waals surface area contributed by atoms with Crippen LogP contribution in [0.15, 0.2) is 40.2 Å². The average Bonchev–Trinajstić information content (AvgIpc) is 3.61. The van der Waals surface area contributed by atoms with E-state index in [-0.39, 0.29) is 36.6 Å². The number of carbonyl (C=O) groups excluding carboxylic acids is 1. The topological polar surface area (TPSA) is 140 Å². The number of carbonyl (C=O) groups is 1. The summed E-state index contributed by atoms with van der Waals surface area (Å²) in [6, 6.07) is 3.90. The molecular weight excluding hydrogens is 569 g/mol. The Morgan fingerprint density at radius 3 is 2.55 bits per heavy atom. The number of rotatable bonds is 13. The van der Waals surface area contributed by atoms with Gasteiger partial charge in [0.15, 0.2) is 0 Å². The number of benzene rings is 1. The second-order valence-electron chi connectivity index (χ2n) is 10.1. The number of hydrogen-bond donors (Lipinski definition) is 1. The Kier molecular flexibility index (Phi) is 9.59. The van der Waals surface area contributed by atoms with E-state index in [0.717, 1.165) is 22.3 Å². The lowest BCUT2D eigenvalue weighted by Crippen LogP contribution is -2.53. The van der Waals surface area contributed by atoms with Crippen molar-refractivity contribution in [3.05, 3.63) is 68.4 Å². The van der Waals surface area contributed by atoms with Crippen LogP contribution in [-0.4, -0.2) is 62.1 Å². The van der Waals surface area contributed by atoms with Gasteiger partial charge in [0.25, 0.3) is 5.56 Å². The molecule has 0 spiro atoms. The van der Waals surface area contributed by atoms with Crippen LogP contribution in [0.4, 0.5) is 4.39 Å². The summed E-state index contributed by atoms with van der Waals surface area (Å²) in [5, 5.41) is 18.6. The molecule has 226 valence electrons. The van der Waals surface area contributed by atoms with Crippen molar-refractivity contribution >= 4 is 27.5 Å². The van der Waals surface area contributed by atoms with Crippen LogP contribution in [0, 0.1) is 12.7 Å². The van der Waals surface area contributed by atoms with Gasteiger partial charge in [-0.05, 0) is 45.4 Å². The molecule has 3 heterocycles. The molecule has 3 aromatic heterocycles. The molecule has 0 aliphatic carbocycles. The van der Waals surface area contributed by atoms with Gasteiger partial charge < -0.3 is 19.3 Å². The van der Waals surface area contributed by atoms with Crippen LogP contribution in [0.5, 0.6) is 5.75 Å². The maximum absolute atomic E-state index is 14.4. The van der Waals surface area contributed by atoms with E-state index in [1.807, 2.05) is 6.92 Å². The van der Waals surface area contributed by atoms with Crippen molar-refractivity contribution in [3.8, 4) is 10.8 Å². The largest absolute Gasteiger partial charge is 0.496 e. The molecule has 1 N–H and O–H groups in total. The minimum Gasteiger partial charge on any atom is -0.496 e. The molecule has 1 aromatic carbocycles. The SMILES string of the molecule is CCCCOC(=O)C(C)(C)n1c(=O)c2c(C)c(-n3nccn3)sc2n(C[C@H](OCCO)c2cc(F)ccc2OC)c1=O. The van der Waals surface area contributed by atoms with E-state index >= 15 is 0 Å². The first kappa shape index (κ1) is 31.1. The molecule has 0 saturated heterocycles. The third-order valence-electron chi connectivity index (χ3n) is 6.87. The molecule has 0 radical (unpaired) electrons. The molecule has 0 fully saturated rings. The second kappa shape index (κ2) is 13.0. The minimum atomic E-state index is -1.67. The molecule has 42 heavy (non-hydrogen) atoms. The monoisotopic (exact) mass is 603 g/mol. The molecule has 0 amide bonds. The van der Waals surface area contributed by atoms with Gasteiger partial charge in [0.2, 0.25) is 0 Å².